The minimum atomic E-state index is -0.352. The second-order valence-corrected chi connectivity index (χ2v) is 8.62. The normalized spacial score (nSPS) is 11.6. The van der Waals surface area contributed by atoms with Gasteiger partial charge in [0.05, 0.1) is 10.7 Å². The minimum absolute atomic E-state index is 0.218. The number of nitrogens with one attached hydrogen (secondary N) is 2. The fourth-order valence-electron chi connectivity index (χ4n) is 3.12. The second kappa shape index (κ2) is 10.3. The van der Waals surface area contributed by atoms with Crippen LogP contribution >= 0.6 is 22.9 Å². The third kappa shape index (κ3) is 5.55. The largest absolute Gasteiger partial charge is 0.323 e. The first-order chi connectivity index (χ1) is 16.0. The van der Waals surface area contributed by atoms with Gasteiger partial charge in [-0.3, -0.25) is 9.59 Å². The summed E-state index contributed by atoms with van der Waals surface area (Å²) in [6, 6.07) is 24.4. The van der Waals surface area contributed by atoms with E-state index in [9.17, 15) is 9.59 Å². The molecule has 0 saturated heterocycles. The molecule has 1 heterocycles. The lowest BCUT2D eigenvalue weighted by Gasteiger charge is -2.05. The molecule has 7 heteroatoms. The number of carbonyl (C=O) groups is 2. The molecule has 1 aromatic heterocycles. The molecule has 0 aliphatic carbocycles. The molecule has 2 N–H and O–H groups in total. The van der Waals surface area contributed by atoms with Crippen LogP contribution in [0.5, 0.6) is 0 Å². The quantitative estimate of drug-likeness (QED) is 0.194. The van der Waals surface area contributed by atoms with E-state index in [1.807, 2.05) is 66.7 Å². The number of carbonyl (C=O) groups excluding carboxylic acids is 2. The molecule has 0 unspecified atom stereocenters. The number of fused-ring (bicyclic) bond motifs is 1. The van der Waals surface area contributed by atoms with Gasteiger partial charge in [0.2, 0.25) is 5.91 Å². The standard InChI is InChI=1S/C26H20ClN3O2S/c1-17(29-30-26(32)25-24(27)21-9-5-6-10-22(21)33-25)19-12-14-20(15-13-19)28-23(31)16-11-18-7-3-2-4-8-18/h2-16H,1H3,(H,28,31)(H,30,32). The van der Waals surface area contributed by atoms with Gasteiger partial charge < -0.3 is 5.32 Å². The maximum absolute atomic E-state index is 12.6. The smallest absolute Gasteiger partial charge is 0.283 e. The third-order valence-electron chi connectivity index (χ3n) is 4.86. The molecule has 0 aliphatic heterocycles. The van der Waals surface area contributed by atoms with E-state index >= 15 is 0 Å². The van der Waals surface area contributed by atoms with E-state index in [-0.39, 0.29) is 11.8 Å². The van der Waals surface area contributed by atoms with Gasteiger partial charge in [0.15, 0.2) is 0 Å². The molecule has 33 heavy (non-hydrogen) atoms. The highest BCUT2D eigenvalue weighted by atomic mass is 35.5. The van der Waals surface area contributed by atoms with Crippen molar-refractivity contribution in [2.75, 3.05) is 5.32 Å². The van der Waals surface area contributed by atoms with Crippen LogP contribution in [0.15, 0.2) is 90.0 Å². The van der Waals surface area contributed by atoms with Crippen molar-refractivity contribution in [1.29, 1.82) is 0 Å². The summed E-state index contributed by atoms with van der Waals surface area (Å²) in [5.74, 6) is -0.570. The van der Waals surface area contributed by atoms with Crippen molar-refractivity contribution in [3.8, 4) is 0 Å². The zero-order valence-corrected chi connectivity index (χ0v) is 19.3. The SMILES string of the molecule is CC(=NNC(=O)c1sc2ccccc2c1Cl)c1ccc(NC(=O)C=Cc2ccccc2)cc1. The highest BCUT2D eigenvalue weighted by Gasteiger charge is 2.16. The molecule has 4 rings (SSSR count). The highest BCUT2D eigenvalue weighted by molar-refractivity contribution is 7.21. The average Bonchev–Trinajstić information content (AvgIpc) is 3.19. The Hall–Kier alpha value is -3.74. The van der Waals surface area contributed by atoms with Gasteiger partial charge in [0, 0.05) is 21.8 Å². The molecule has 0 fully saturated rings. The van der Waals surface area contributed by atoms with Crippen LogP contribution in [0.3, 0.4) is 0 Å². The van der Waals surface area contributed by atoms with E-state index in [2.05, 4.69) is 15.8 Å². The Morgan fingerprint density at radius 1 is 0.939 bits per heavy atom. The van der Waals surface area contributed by atoms with Crippen LogP contribution in [-0.2, 0) is 4.79 Å². The Bertz CT molecular complexity index is 1360. The third-order valence-corrected chi connectivity index (χ3v) is 6.54. The van der Waals surface area contributed by atoms with Crippen LogP contribution in [0.2, 0.25) is 5.02 Å². The van der Waals surface area contributed by atoms with Gasteiger partial charge in [-0.15, -0.1) is 11.3 Å². The van der Waals surface area contributed by atoms with E-state index < -0.39 is 0 Å². The predicted octanol–water partition coefficient (Wildman–Crippen LogP) is 6.36. The van der Waals surface area contributed by atoms with Gasteiger partial charge in [0.1, 0.15) is 4.88 Å². The Labute approximate surface area is 200 Å². The van der Waals surface area contributed by atoms with Crippen molar-refractivity contribution in [3.63, 3.8) is 0 Å². The van der Waals surface area contributed by atoms with Crippen LogP contribution < -0.4 is 10.7 Å². The number of rotatable bonds is 6. The molecule has 5 nitrogen and oxygen atoms in total. The van der Waals surface area contributed by atoms with Crippen molar-refractivity contribution in [1.82, 2.24) is 5.43 Å². The number of hydrogen-bond donors (Lipinski definition) is 2. The second-order valence-electron chi connectivity index (χ2n) is 7.19. The molecular formula is C26H20ClN3O2S. The first kappa shape index (κ1) is 22.5. The van der Waals surface area contributed by atoms with Gasteiger partial charge in [0.25, 0.3) is 5.91 Å². The van der Waals surface area contributed by atoms with Crippen LogP contribution in [-0.4, -0.2) is 17.5 Å². The molecule has 0 bridgehead atoms. The lowest BCUT2D eigenvalue weighted by atomic mass is 10.1. The average molecular weight is 474 g/mol. The van der Waals surface area contributed by atoms with E-state index in [4.69, 9.17) is 11.6 Å². The Morgan fingerprint density at radius 2 is 1.64 bits per heavy atom. The summed E-state index contributed by atoms with van der Waals surface area (Å²) in [5.41, 5.74) is 5.63. The number of amides is 2. The van der Waals surface area contributed by atoms with Crippen LogP contribution in [0.25, 0.3) is 16.2 Å². The fourth-order valence-corrected chi connectivity index (χ4v) is 4.53. The predicted molar refractivity (Wildman–Crippen MR) is 137 cm³/mol. The number of hydrogen-bond acceptors (Lipinski definition) is 4. The summed E-state index contributed by atoms with van der Waals surface area (Å²) in [7, 11) is 0. The first-order valence-corrected chi connectivity index (χ1v) is 11.4. The van der Waals surface area contributed by atoms with E-state index in [1.165, 1.54) is 17.4 Å². The number of benzene rings is 3. The van der Waals surface area contributed by atoms with Crippen molar-refractivity contribution < 1.29 is 9.59 Å². The van der Waals surface area contributed by atoms with E-state index in [0.29, 0.717) is 21.3 Å². The van der Waals surface area contributed by atoms with Crippen LogP contribution in [0.1, 0.15) is 27.7 Å². The zero-order valence-electron chi connectivity index (χ0n) is 17.7. The van der Waals surface area contributed by atoms with Crippen molar-refractivity contribution in [2.24, 2.45) is 5.10 Å². The fraction of sp³-hybridized carbons (Fsp3) is 0.0385. The summed E-state index contributed by atoms with van der Waals surface area (Å²) in [5, 5.41) is 8.31. The Kier molecular flexibility index (Phi) is 6.98. The lowest BCUT2D eigenvalue weighted by molar-refractivity contribution is -0.111. The number of nitrogens with zero attached hydrogens (tertiary/aromatic N) is 1. The Morgan fingerprint density at radius 3 is 2.36 bits per heavy atom. The number of hydrazone groups is 1. The van der Waals surface area contributed by atoms with Crippen molar-refractivity contribution >= 4 is 62.3 Å². The number of halogens is 1. The monoisotopic (exact) mass is 473 g/mol. The van der Waals surface area contributed by atoms with E-state index in [0.717, 1.165) is 21.2 Å². The molecule has 164 valence electrons. The topological polar surface area (TPSA) is 70.6 Å². The summed E-state index contributed by atoms with van der Waals surface area (Å²) in [4.78, 5) is 25.1. The van der Waals surface area contributed by atoms with E-state index in [1.54, 1.807) is 25.1 Å². The lowest BCUT2D eigenvalue weighted by Crippen LogP contribution is -2.18. The van der Waals surface area contributed by atoms with Gasteiger partial charge in [-0.05, 0) is 42.3 Å². The highest BCUT2D eigenvalue weighted by Crippen LogP contribution is 2.34. The maximum Gasteiger partial charge on any atom is 0.283 e. The van der Waals surface area contributed by atoms with Gasteiger partial charge in [-0.2, -0.15) is 5.10 Å². The minimum Gasteiger partial charge on any atom is -0.323 e. The van der Waals surface area contributed by atoms with Gasteiger partial charge >= 0.3 is 0 Å². The zero-order chi connectivity index (χ0) is 23.2. The summed E-state index contributed by atoms with van der Waals surface area (Å²) < 4.78 is 0.949. The van der Waals surface area contributed by atoms with Crippen LogP contribution in [0, 0.1) is 0 Å². The number of anilines is 1. The van der Waals surface area contributed by atoms with Crippen molar-refractivity contribution in [2.45, 2.75) is 6.92 Å². The molecule has 0 spiro atoms. The molecule has 0 saturated carbocycles. The molecule has 3 aromatic carbocycles. The van der Waals surface area contributed by atoms with Crippen LogP contribution in [0.4, 0.5) is 5.69 Å². The summed E-state index contributed by atoms with van der Waals surface area (Å²) in [6.45, 7) is 1.79. The molecule has 2 amide bonds. The Balaban J connectivity index is 1.37. The van der Waals surface area contributed by atoms with Crippen molar-refractivity contribution in [3.05, 3.63) is 106 Å². The van der Waals surface area contributed by atoms with Gasteiger partial charge in [-0.25, -0.2) is 5.43 Å². The molecule has 0 atom stereocenters. The molecule has 0 aliphatic rings. The molecule has 0 radical (unpaired) electrons. The first-order valence-electron chi connectivity index (χ1n) is 10.2. The molecule has 4 aromatic rings. The van der Waals surface area contributed by atoms with Gasteiger partial charge in [-0.1, -0.05) is 72.3 Å². The molecular weight excluding hydrogens is 454 g/mol. The summed E-state index contributed by atoms with van der Waals surface area (Å²) >= 11 is 7.69. The number of thiophene rings is 1. The maximum atomic E-state index is 12.6. The summed E-state index contributed by atoms with van der Waals surface area (Å²) in [6.07, 6.45) is 3.25.